The number of esters is 1. The molecule has 1 aliphatic rings. The van der Waals surface area contributed by atoms with Crippen molar-refractivity contribution in [1.82, 2.24) is 0 Å². The lowest BCUT2D eigenvalue weighted by atomic mass is 10.0. The van der Waals surface area contributed by atoms with Crippen molar-refractivity contribution in [1.29, 1.82) is 0 Å². The number of rotatable bonds is 7. The molecule has 2 aromatic carbocycles. The number of ketones is 1. The van der Waals surface area contributed by atoms with Crippen molar-refractivity contribution in [3.63, 3.8) is 0 Å². The lowest BCUT2D eigenvalue weighted by Crippen LogP contribution is -2.15. The second-order valence-electron chi connectivity index (χ2n) is 5.87. The van der Waals surface area contributed by atoms with Crippen molar-refractivity contribution < 1.29 is 28.5 Å². The average Bonchev–Trinajstić information content (AvgIpc) is 3.17. The van der Waals surface area contributed by atoms with Crippen LogP contribution in [0.5, 0.6) is 17.2 Å². The predicted molar refractivity (Wildman–Crippen MR) is 99.1 cm³/mol. The van der Waals surface area contributed by atoms with E-state index in [1.807, 2.05) is 6.92 Å². The van der Waals surface area contributed by atoms with Gasteiger partial charge in [0, 0.05) is 5.56 Å². The number of carbonyl (C=O) groups is 2. The van der Waals surface area contributed by atoms with E-state index < -0.39 is 11.8 Å². The van der Waals surface area contributed by atoms with Gasteiger partial charge in [-0.3, -0.25) is 4.79 Å². The van der Waals surface area contributed by atoms with Crippen molar-refractivity contribution in [2.45, 2.75) is 13.3 Å². The summed E-state index contributed by atoms with van der Waals surface area (Å²) in [5.74, 6) is 0.614. The Morgan fingerprint density at radius 1 is 1.11 bits per heavy atom. The van der Waals surface area contributed by atoms with E-state index in [2.05, 4.69) is 0 Å². The number of benzene rings is 2. The molecule has 0 bridgehead atoms. The summed E-state index contributed by atoms with van der Waals surface area (Å²) in [5.41, 5.74) is 0.899. The molecule has 0 fully saturated rings. The molecule has 0 amide bonds. The van der Waals surface area contributed by atoms with E-state index in [1.165, 1.54) is 13.2 Å². The topological polar surface area (TPSA) is 71.1 Å². The Bertz CT molecular complexity index is 884. The molecule has 0 unspecified atom stereocenters. The molecule has 1 aliphatic heterocycles. The molecule has 0 aliphatic carbocycles. The molecule has 0 spiro atoms. The summed E-state index contributed by atoms with van der Waals surface area (Å²) in [7, 11) is 1.24. The van der Waals surface area contributed by atoms with Crippen LogP contribution >= 0.6 is 0 Å². The molecule has 0 atom stereocenters. The first kappa shape index (κ1) is 18.5. The molecular weight excluding hydrogens is 348 g/mol. The van der Waals surface area contributed by atoms with Gasteiger partial charge in [0.2, 0.25) is 6.79 Å². The number of Topliss-reactive ketones (excluding diaryl/α,β-unsaturated/α-hetero) is 1. The molecule has 0 radical (unpaired) electrons. The summed E-state index contributed by atoms with van der Waals surface area (Å²) in [5, 5.41) is 0. The zero-order chi connectivity index (χ0) is 19.2. The van der Waals surface area contributed by atoms with Crippen molar-refractivity contribution in [2.75, 3.05) is 20.5 Å². The number of hydrogen-bond donors (Lipinski definition) is 0. The van der Waals surface area contributed by atoms with Crippen LogP contribution in [0.4, 0.5) is 0 Å². The zero-order valence-electron chi connectivity index (χ0n) is 15.2. The minimum atomic E-state index is -0.711. The van der Waals surface area contributed by atoms with Crippen LogP contribution in [-0.2, 0) is 9.53 Å². The molecule has 140 valence electrons. The lowest BCUT2D eigenvalue weighted by molar-refractivity contribution is -0.135. The third-order valence-corrected chi connectivity index (χ3v) is 3.93. The molecule has 0 saturated heterocycles. The summed E-state index contributed by atoms with van der Waals surface area (Å²) < 4.78 is 21.0. The van der Waals surface area contributed by atoms with Crippen LogP contribution < -0.4 is 14.2 Å². The smallest absolute Gasteiger partial charge is 0.341 e. The van der Waals surface area contributed by atoms with Gasteiger partial charge >= 0.3 is 5.97 Å². The van der Waals surface area contributed by atoms with Crippen LogP contribution in [0.2, 0.25) is 0 Å². The number of fused-ring (bicyclic) bond motifs is 1. The van der Waals surface area contributed by atoms with Crippen molar-refractivity contribution in [2.24, 2.45) is 0 Å². The highest BCUT2D eigenvalue weighted by Gasteiger charge is 2.22. The van der Waals surface area contributed by atoms with E-state index >= 15 is 0 Å². The monoisotopic (exact) mass is 368 g/mol. The van der Waals surface area contributed by atoms with Crippen LogP contribution in [0.15, 0.2) is 48.0 Å². The van der Waals surface area contributed by atoms with Gasteiger partial charge in [-0.05, 0) is 42.3 Å². The number of hydrogen-bond acceptors (Lipinski definition) is 6. The highest BCUT2D eigenvalue weighted by Crippen LogP contribution is 2.33. The van der Waals surface area contributed by atoms with Gasteiger partial charge in [0.1, 0.15) is 11.3 Å². The summed E-state index contributed by atoms with van der Waals surface area (Å²) in [6.07, 6.45) is 2.34. The Hall–Kier alpha value is -3.28. The molecule has 0 saturated carbocycles. The Balaban J connectivity index is 1.93. The zero-order valence-corrected chi connectivity index (χ0v) is 15.2. The average molecular weight is 368 g/mol. The van der Waals surface area contributed by atoms with Gasteiger partial charge < -0.3 is 18.9 Å². The largest absolute Gasteiger partial charge is 0.494 e. The molecule has 0 aromatic heterocycles. The molecular formula is C21H20O6. The molecule has 1 heterocycles. The Morgan fingerprint density at radius 2 is 1.93 bits per heavy atom. The molecule has 3 rings (SSSR count). The maximum absolute atomic E-state index is 12.9. The fourth-order valence-electron chi connectivity index (χ4n) is 2.60. The van der Waals surface area contributed by atoms with Crippen LogP contribution in [0.25, 0.3) is 6.08 Å². The van der Waals surface area contributed by atoms with E-state index in [-0.39, 0.29) is 12.4 Å². The summed E-state index contributed by atoms with van der Waals surface area (Å²) in [4.78, 5) is 25.2. The SMILES string of the molecule is CCCOc1cccc(C(=O)/C(=C\c2ccc3c(c2)OCO3)C(=O)OC)c1. The third kappa shape index (κ3) is 4.28. The molecule has 6 nitrogen and oxygen atoms in total. The molecule has 27 heavy (non-hydrogen) atoms. The highest BCUT2D eigenvalue weighted by atomic mass is 16.7. The molecule has 2 aromatic rings. The predicted octanol–water partition coefficient (Wildman–Crippen LogP) is 3.64. The van der Waals surface area contributed by atoms with Gasteiger partial charge in [-0.15, -0.1) is 0 Å². The van der Waals surface area contributed by atoms with E-state index in [9.17, 15) is 9.59 Å². The van der Waals surface area contributed by atoms with Gasteiger partial charge in [-0.2, -0.15) is 0 Å². The third-order valence-electron chi connectivity index (χ3n) is 3.93. The Labute approximate surface area is 157 Å². The fourth-order valence-corrected chi connectivity index (χ4v) is 2.60. The van der Waals surface area contributed by atoms with Crippen molar-refractivity contribution in [3.8, 4) is 17.2 Å². The summed E-state index contributed by atoms with van der Waals surface area (Å²) in [6.45, 7) is 2.70. The van der Waals surface area contributed by atoms with Gasteiger partial charge in [-0.25, -0.2) is 4.79 Å². The van der Waals surface area contributed by atoms with Crippen LogP contribution in [0.1, 0.15) is 29.3 Å². The molecule has 0 N–H and O–H groups in total. The van der Waals surface area contributed by atoms with E-state index in [4.69, 9.17) is 18.9 Å². The first-order valence-corrected chi connectivity index (χ1v) is 8.59. The van der Waals surface area contributed by atoms with Crippen LogP contribution in [0.3, 0.4) is 0 Å². The second-order valence-corrected chi connectivity index (χ2v) is 5.87. The Kier molecular flexibility index (Phi) is 5.76. The van der Waals surface area contributed by atoms with Crippen LogP contribution in [-0.4, -0.2) is 32.3 Å². The maximum atomic E-state index is 12.9. The van der Waals surface area contributed by atoms with Gasteiger partial charge in [0.15, 0.2) is 17.3 Å². The van der Waals surface area contributed by atoms with Gasteiger partial charge in [-0.1, -0.05) is 25.1 Å². The standard InChI is InChI=1S/C21H20O6/c1-3-9-25-16-6-4-5-15(12-16)20(22)17(21(23)24-2)10-14-7-8-18-19(11-14)27-13-26-18/h4-8,10-12H,3,9,13H2,1-2H3/b17-10+. The fraction of sp³-hybridized carbons (Fsp3) is 0.238. The minimum absolute atomic E-state index is 0.0796. The second kappa shape index (κ2) is 8.40. The van der Waals surface area contributed by atoms with Gasteiger partial charge in [0.05, 0.1) is 13.7 Å². The van der Waals surface area contributed by atoms with Crippen molar-refractivity contribution in [3.05, 3.63) is 59.2 Å². The van der Waals surface area contributed by atoms with E-state index in [1.54, 1.807) is 42.5 Å². The number of methoxy groups -OCH3 is 1. The highest BCUT2D eigenvalue weighted by molar-refractivity contribution is 6.27. The van der Waals surface area contributed by atoms with Gasteiger partial charge in [0.25, 0.3) is 0 Å². The summed E-state index contributed by atoms with van der Waals surface area (Å²) >= 11 is 0. The number of carbonyl (C=O) groups excluding carboxylic acids is 2. The van der Waals surface area contributed by atoms with E-state index in [0.717, 1.165) is 6.42 Å². The normalized spacial score (nSPS) is 12.6. The van der Waals surface area contributed by atoms with Crippen molar-refractivity contribution >= 4 is 17.8 Å². The van der Waals surface area contributed by atoms with Crippen LogP contribution in [0, 0.1) is 0 Å². The maximum Gasteiger partial charge on any atom is 0.341 e. The first-order chi connectivity index (χ1) is 13.1. The number of ether oxygens (including phenoxy) is 4. The molecule has 6 heteroatoms. The quantitative estimate of drug-likeness (QED) is 0.244. The summed E-state index contributed by atoms with van der Waals surface area (Å²) in [6, 6.07) is 11.9. The van der Waals surface area contributed by atoms with E-state index in [0.29, 0.717) is 35.0 Å². The first-order valence-electron chi connectivity index (χ1n) is 8.59. The minimum Gasteiger partial charge on any atom is -0.494 e. The Morgan fingerprint density at radius 3 is 2.70 bits per heavy atom. The lowest BCUT2D eigenvalue weighted by Gasteiger charge is -2.08.